The minimum atomic E-state index is -0.496. The van der Waals surface area contributed by atoms with E-state index < -0.39 is 5.97 Å². The highest BCUT2D eigenvalue weighted by molar-refractivity contribution is 6.10. The predicted octanol–water partition coefficient (Wildman–Crippen LogP) is 5.58. The van der Waals surface area contributed by atoms with E-state index in [1.54, 1.807) is 0 Å². The summed E-state index contributed by atoms with van der Waals surface area (Å²) in [5, 5.41) is 0. The third-order valence-corrected chi connectivity index (χ3v) is 12.7. The van der Waals surface area contributed by atoms with E-state index in [9.17, 15) is 19.2 Å². The van der Waals surface area contributed by atoms with Gasteiger partial charge in [0.2, 0.25) is 5.71 Å². The van der Waals surface area contributed by atoms with Gasteiger partial charge >= 0.3 is 23.9 Å². The molecule has 4 N–H and O–H groups in total. The summed E-state index contributed by atoms with van der Waals surface area (Å²) in [6, 6.07) is 19.1. The number of carbonyl (C=O) groups excluding carboxylic acids is 4. The van der Waals surface area contributed by atoms with Crippen molar-refractivity contribution in [2.24, 2.45) is 0 Å². The van der Waals surface area contributed by atoms with Crippen molar-refractivity contribution in [2.75, 3.05) is 28.3 Å². The van der Waals surface area contributed by atoms with E-state index in [-0.39, 0.29) is 56.4 Å². The van der Waals surface area contributed by atoms with E-state index in [0.717, 1.165) is 103 Å². The SMILES string of the molecule is CCc1c(Cc2[nH]c(C(c3[nH]c(Cc4[nH]c(C(=O)OCc5ccccc5)c(C)c4CCC(=O)OC)c(CCC(=O)OC)c3C)=[N+](C)C)c(CC)c2C)[nH]c(C(=O)OCc2ccccc2)c1C.[Cl-]. The number of benzene rings is 2. The Hall–Kier alpha value is -6.60. The lowest BCUT2D eigenvalue weighted by atomic mass is 9.97. The van der Waals surface area contributed by atoms with Crippen LogP contribution in [-0.2, 0) is 80.3 Å². The van der Waals surface area contributed by atoms with Gasteiger partial charge in [0, 0.05) is 48.5 Å². The molecule has 0 amide bonds. The monoisotopic (exact) mass is 933 g/mol. The number of nitrogens with one attached hydrogen (secondary N) is 4. The third kappa shape index (κ3) is 11.7. The zero-order chi connectivity index (χ0) is 47.7. The highest BCUT2D eigenvalue weighted by Crippen LogP contribution is 2.32. The Bertz CT molecular complexity index is 2730. The zero-order valence-corrected chi connectivity index (χ0v) is 41.2. The van der Waals surface area contributed by atoms with Crippen molar-refractivity contribution in [1.29, 1.82) is 0 Å². The fourth-order valence-corrected chi connectivity index (χ4v) is 9.03. The Labute approximate surface area is 399 Å². The van der Waals surface area contributed by atoms with E-state index in [1.807, 2.05) is 88.6 Å². The number of aromatic nitrogens is 4. The van der Waals surface area contributed by atoms with Crippen LogP contribution < -0.4 is 12.4 Å². The van der Waals surface area contributed by atoms with Gasteiger partial charge in [-0.15, -0.1) is 0 Å². The lowest BCUT2D eigenvalue weighted by molar-refractivity contribution is -0.463. The van der Waals surface area contributed by atoms with Crippen LogP contribution in [0.5, 0.6) is 0 Å². The Balaban J connectivity index is 0.00000840. The van der Waals surface area contributed by atoms with Crippen LogP contribution in [0.25, 0.3) is 0 Å². The summed E-state index contributed by atoms with van der Waals surface area (Å²) in [6.07, 6.45) is 3.43. The number of hydrogen-bond donors (Lipinski definition) is 4. The number of aromatic amines is 4. The first-order valence-corrected chi connectivity index (χ1v) is 22.6. The van der Waals surface area contributed by atoms with Gasteiger partial charge in [0.25, 0.3) is 0 Å². The Morgan fingerprint density at radius 2 is 0.896 bits per heavy atom. The van der Waals surface area contributed by atoms with Gasteiger partial charge in [0.1, 0.15) is 50.1 Å². The average molecular weight is 935 g/mol. The largest absolute Gasteiger partial charge is 1.00 e. The number of nitrogens with zero attached hydrogens (tertiary/aromatic N) is 1. The van der Waals surface area contributed by atoms with Crippen LogP contribution in [0.4, 0.5) is 0 Å². The first-order valence-electron chi connectivity index (χ1n) is 22.6. The number of carbonyl (C=O) groups is 4. The topological polar surface area (TPSA) is 171 Å². The van der Waals surface area contributed by atoms with E-state index in [0.29, 0.717) is 42.6 Å². The van der Waals surface area contributed by atoms with Crippen LogP contribution in [0.3, 0.4) is 0 Å². The van der Waals surface area contributed by atoms with Crippen LogP contribution in [-0.4, -0.2) is 82.4 Å². The highest BCUT2D eigenvalue weighted by atomic mass is 35.5. The molecule has 4 aromatic heterocycles. The van der Waals surface area contributed by atoms with Gasteiger partial charge in [-0.2, -0.15) is 0 Å². The molecule has 356 valence electrons. The molecule has 0 spiro atoms. The molecule has 67 heavy (non-hydrogen) atoms. The summed E-state index contributed by atoms with van der Waals surface area (Å²) < 4.78 is 23.7. The van der Waals surface area contributed by atoms with Gasteiger partial charge in [0.15, 0.2) is 0 Å². The van der Waals surface area contributed by atoms with Crippen LogP contribution in [0.2, 0.25) is 0 Å². The van der Waals surface area contributed by atoms with Crippen LogP contribution in [0, 0.1) is 27.7 Å². The fraction of sp³-hybridized carbons (Fsp3) is 0.377. The lowest BCUT2D eigenvalue weighted by Gasteiger charge is -2.08. The smallest absolute Gasteiger partial charge is 0.355 e. The van der Waals surface area contributed by atoms with Crippen molar-refractivity contribution in [2.45, 2.75) is 106 Å². The van der Waals surface area contributed by atoms with E-state index in [4.69, 9.17) is 18.9 Å². The minimum Gasteiger partial charge on any atom is -1.00 e. The second-order valence-electron chi connectivity index (χ2n) is 16.9. The second kappa shape index (κ2) is 23.2. The van der Waals surface area contributed by atoms with Crippen molar-refractivity contribution in [1.82, 2.24) is 19.9 Å². The number of esters is 4. The molecule has 0 atom stereocenters. The van der Waals surface area contributed by atoms with E-state index >= 15 is 0 Å². The number of hydrogen-bond acceptors (Lipinski definition) is 8. The highest BCUT2D eigenvalue weighted by Gasteiger charge is 2.31. The average Bonchev–Trinajstić information content (AvgIpc) is 4.01. The summed E-state index contributed by atoms with van der Waals surface area (Å²) >= 11 is 0. The molecular formula is C53H64ClN5O8. The van der Waals surface area contributed by atoms with E-state index in [1.165, 1.54) is 14.2 Å². The van der Waals surface area contributed by atoms with Gasteiger partial charge in [-0.1, -0.05) is 74.5 Å². The molecule has 0 aliphatic heterocycles. The van der Waals surface area contributed by atoms with Crippen molar-refractivity contribution in [3.05, 3.63) is 162 Å². The molecule has 2 aromatic carbocycles. The molecule has 0 aliphatic rings. The van der Waals surface area contributed by atoms with Gasteiger partial charge in [-0.3, -0.25) is 9.59 Å². The molecule has 6 rings (SSSR count). The van der Waals surface area contributed by atoms with Gasteiger partial charge in [0.05, 0.1) is 14.2 Å². The Kier molecular flexibility index (Phi) is 17.8. The fourth-order valence-electron chi connectivity index (χ4n) is 9.03. The summed E-state index contributed by atoms with van der Waals surface area (Å²) in [7, 11) is 6.78. The van der Waals surface area contributed by atoms with Crippen molar-refractivity contribution < 1.29 is 55.1 Å². The van der Waals surface area contributed by atoms with Crippen LogP contribution >= 0.6 is 0 Å². The van der Waals surface area contributed by atoms with Crippen molar-refractivity contribution >= 4 is 29.6 Å². The third-order valence-electron chi connectivity index (χ3n) is 12.7. The maximum Gasteiger partial charge on any atom is 0.355 e. The van der Waals surface area contributed by atoms with Crippen molar-refractivity contribution in [3.63, 3.8) is 0 Å². The maximum absolute atomic E-state index is 13.6. The second-order valence-corrected chi connectivity index (χ2v) is 16.9. The molecule has 13 nitrogen and oxygen atoms in total. The standard InChI is InChI=1S/C53H63N5O8.ClH/c1-11-37-32(4)48(52(61)65-29-35-19-15-13-16-20-35)56-42(37)27-41-31(3)38(12-2)50(54-41)51(58(7)8)47-33(5)39(23-25-45(59)63-9)43(55-47)28-44-40(24-26-46(60)64-10)34(6)49(57-44)53(62)66-30-36-21-17-14-18-22-36;/h13-22H,11-12,23-30H2,1-10H3,(H3,54,55,56,57,61,62);1H. The van der Waals surface area contributed by atoms with Crippen LogP contribution in [0.1, 0.15) is 137 Å². The summed E-state index contributed by atoms with van der Waals surface area (Å²) in [4.78, 5) is 66.6. The Morgan fingerprint density at radius 1 is 0.507 bits per heavy atom. The molecule has 0 fully saturated rings. The van der Waals surface area contributed by atoms with E-state index in [2.05, 4.69) is 52.2 Å². The molecule has 0 saturated carbocycles. The molecule has 0 saturated heterocycles. The first kappa shape index (κ1) is 51.4. The lowest BCUT2D eigenvalue weighted by Crippen LogP contribution is -3.00. The number of H-pyrrole nitrogens is 4. The van der Waals surface area contributed by atoms with Gasteiger partial charge < -0.3 is 51.3 Å². The number of methoxy groups -OCH3 is 2. The summed E-state index contributed by atoms with van der Waals surface area (Å²) in [5.74, 6) is -1.56. The molecule has 0 radical (unpaired) electrons. The normalized spacial score (nSPS) is 11.0. The Morgan fingerprint density at radius 3 is 1.33 bits per heavy atom. The van der Waals surface area contributed by atoms with Gasteiger partial charge in [-0.05, 0) is 109 Å². The predicted molar refractivity (Wildman–Crippen MR) is 254 cm³/mol. The number of ether oxygens (including phenoxy) is 4. The summed E-state index contributed by atoms with van der Waals surface area (Å²) in [5.41, 5.74) is 16.7. The molecule has 0 bridgehead atoms. The molecule has 4 heterocycles. The van der Waals surface area contributed by atoms with Crippen molar-refractivity contribution in [3.8, 4) is 0 Å². The molecule has 14 heteroatoms. The maximum atomic E-state index is 13.6. The molecular weight excluding hydrogens is 870 g/mol. The summed E-state index contributed by atoms with van der Waals surface area (Å²) in [6.45, 7) is 12.6. The first-order chi connectivity index (χ1) is 31.7. The minimum absolute atomic E-state index is 0. The molecule has 0 aliphatic carbocycles. The van der Waals surface area contributed by atoms with Gasteiger partial charge in [-0.25, -0.2) is 14.2 Å². The molecule has 6 aromatic rings. The number of halogens is 1. The molecule has 0 unspecified atom stereocenters. The van der Waals surface area contributed by atoms with Crippen LogP contribution in [0.15, 0.2) is 60.7 Å². The quantitative estimate of drug-likeness (QED) is 0.0333. The number of rotatable bonds is 20. The zero-order valence-electron chi connectivity index (χ0n) is 40.4.